The predicted molar refractivity (Wildman–Crippen MR) is 117 cm³/mol. The van der Waals surface area contributed by atoms with Gasteiger partial charge in [0.2, 0.25) is 0 Å². The summed E-state index contributed by atoms with van der Waals surface area (Å²) in [6.07, 6.45) is 4.18. The fraction of sp³-hybridized carbons (Fsp3) is 0.409. The maximum Gasteiger partial charge on any atom is 0.171 e. The van der Waals surface area contributed by atoms with Gasteiger partial charge >= 0.3 is 0 Å². The average molecular weight is 385 g/mol. The summed E-state index contributed by atoms with van der Waals surface area (Å²) < 4.78 is 2.52. The zero-order valence-corrected chi connectivity index (χ0v) is 18.4. The summed E-state index contributed by atoms with van der Waals surface area (Å²) in [5.74, 6) is 0. The van der Waals surface area contributed by atoms with Crippen LogP contribution in [0.4, 0.5) is 0 Å². The first kappa shape index (κ1) is 19.2. The summed E-state index contributed by atoms with van der Waals surface area (Å²) in [7, 11) is -1.84. The van der Waals surface area contributed by atoms with Crippen molar-refractivity contribution in [1.29, 1.82) is 0 Å². The third-order valence-corrected chi connectivity index (χ3v) is 13.1. The normalized spacial score (nSPS) is 12.7. The number of hydrogen-bond acceptors (Lipinski definition) is 1. The van der Waals surface area contributed by atoms with Gasteiger partial charge in [0.15, 0.2) is 8.24 Å². The third kappa shape index (κ3) is 2.82. The summed E-state index contributed by atoms with van der Waals surface area (Å²) in [5.41, 5.74) is 5.01. The Hall–Kier alpha value is -1.58. The highest BCUT2D eigenvalue weighted by Gasteiger charge is 2.46. The number of benzene rings is 1. The second-order valence-electron chi connectivity index (χ2n) is 8.13. The second kappa shape index (κ2) is 7.20. The minimum Gasteiger partial charge on any atom is -0.359 e. The first-order valence-electron chi connectivity index (χ1n) is 9.53. The number of pyridine rings is 1. The van der Waals surface area contributed by atoms with Crippen LogP contribution in [-0.2, 0) is 0 Å². The maximum absolute atomic E-state index is 6.84. The highest BCUT2D eigenvalue weighted by atomic mass is 35.5. The highest BCUT2D eigenvalue weighted by Crippen LogP contribution is 2.45. The van der Waals surface area contributed by atoms with Crippen LogP contribution in [0.25, 0.3) is 22.2 Å². The van der Waals surface area contributed by atoms with Gasteiger partial charge in [-0.1, -0.05) is 83.5 Å². The highest BCUT2D eigenvalue weighted by molar-refractivity contribution is 6.82. The second-order valence-corrected chi connectivity index (χ2v) is 14.2. The Bertz CT molecular complexity index is 875. The van der Waals surface area contributed by atoms with Gasteiger partial charge < -0.3 is 4.23 Å². The van der Waals surface area contributed by atoms with E-state index in [1.807, 2.05) is 24.4 Å². The first-order valence-corrected chi connectivity index (χ1v) is 12.1. The molecule has 2 nitrogen and oxygen atoms in total. The Morgan fingerprint density at radius 2 is 1.46 bits per heavy atom. The molecule has 1 aromatic carbocycles. The molecule has 26 heavy (non-hydrogen) atoms. The Labute approximate surface area is 163 Å². The van der Waals surface area contributed by atoms with Crippen molar-refractivity contribution in [2.24, 2.45) is 0 Å². The van der Waals surface area contributed by atoms with E-state index in [1.165, 1.54) is 0 Å². The van der Waals surface area contributed by atoms with Gasteiger partial charge in [0.05, 0.1) is 5.02 Å². The molecule has 0 N–H and O–H groups in total. The Morgan fingerprint density at radius 1 is 0.885 bits per heavy atom. The van der Waals surface area contributed by atoms with Crippen molar-refractivity contribution in [3.63, 3.8) is 0 Å². The molecule has 4 heteroatoms. The zero-order valence-electron chi connectivity index (χ0n) is 16.6. The van der Waals surface area contributed by atoms with Crippen molar-refractivity contribution in [1.82, 2.24) is 9.22 Å². The van der Waals surface area contributed by atoms with Crippen LogP contribution in [0.1, 0.15) is 41.5 Å². The van der Waals surface area contributed by atoms with Crippen LogP contribution >= 0.6 is 11.6 Å². The van der Waals surface area contributed by atoms with Gasteiger partial charge in [-0.25, -0.2) is 4.98 Å². The van der Waals surface area contributed by atoms with Crippen LogP contribution in [0.5, 0.6) is 0 Å². The molecule has 0 saturated carbocycles. The molecule has 3 aromatic rings. The van der Waals surface area contributed by atoms with Crippen LogP contribution in [0.3, 0.4) is 0 Å². The molecule has 2 aromatic heterocycles. The van der Waals surface area contributed by atoms with Crippen LogP contribution in [0.2, 0.25) is 21.6 Å². The largest absolute Gasteiger partial charge is 0.359 e. The SMILES string of the molecule is CC(C)[Si](C(C)C)(C(C)C)n1ccc2c(Cl)c(-c3ccccc3)cnc21. The van der Waals surface area contributed by atoms with Gasteiger partial charge in [0, 0.05) is 17.1 Å². The molecule has 0 spiro atoms. The molecule has 0 aliphatic carbocycles. The van der Waals surface area contributed by atoms with E-state index < -0.39 is 8.24 Å². The molecule has 0 aliphatic rings. The zero-order chi connectivity index (χ0) is 19.1. The summed E-state index contributed by atoms with van der Waals surface area (Å²) in [4.78, 5) is 4.90. The quantitative estimate of drug-likeness (QED) is 0.419. The summed E-state index contributed by atoms with van der Waals surface area (Å²) in [6, 6.07) is 12.4. The minimum atomic E-state index is -1.84. The van der Waals surface area contributed by atoms with Crippen molar-refractivity contribution in [3.05, 3.63) is 53.8 Å². The molecule has 0 amide bonds. The van der Waals surface area contributed by atoms with E-state index >= 15 is 0 Å². The van der Waals surface area contributed by atoms with Crippen LogP contribution in [0.15, 0.2) is 48.8 Å². The minimum absolute atomic E-state index is 0.618. The summed E-state index contributed by atoms with van der Waals surface area (Å²) in [6.45, 7) is 14.2. The lowest BCUT2D eigenvalue weighted by Crippen LogP contribution is -2.51. The topological polar surface area (TPSA) is 17.8 Å². The van der Waals surface area contributed by atoms with Crippen molar-refractivity contribution >= 4 is 30.9 Å². The predicted octanol–water partition coefficient (Wildman–Crippen LogP) is 7.38. The van der Waals surface area contributed by atoms with E-state index in [4.69, 9.17) is 16.6 Å². The summed E-state index contributed by atoms with van der Waals surface area (Å²) >= 11 is 6.84. The Balaban J connectivity index is 2.26. The fourth-order valence-corrected chi connectivity index (χ4v) is 11.9. The Morgan fingerprint density at radius 3 is 2.00 bits per heavy atom. The van der Waals surface area contributed by atoms with Crippen LogP contribution in [0, 0.1) is 0 Å². The Kier molecular flexibility index (Phi) is 5.32. The van der Waals surface area contributed by atoms with Gasteiger partial charge in [-0.15, -0.1) is 0 Å². The number of nitrogens with zero attached hydrogens (tertiary/aromatic N) is 2. The molecule has 0 bridgehead atoms. The van der Waals surface area contributed by atoms with Crippen molar-refractivity contribution in [2.75, 3.05) is 0 Å². The lowest BCUT2D eigenvalue weighted by Gasteiger charge is -2.44. The maximum atomic E-state index is 6.84. The lowest BCUT2D eigenvalue weighted by atomic mass is 10.1. The monoisotopic (exact) mass is 384 g/mol. The molecule has 2 heterocycles. The van der Waals surface area contributed by atoms with Gasteiger partial charge in [0.25, 0.3) is 0 Å². The van der Waals surface area contributed by atoms with E-state index in [-0.39, 0.29) is 0 Å². The molecule has 0 atom stereocenters. The first-order chi connectivity index (χ1) is 12.3. The molecule has 0 saturated heterocycles. The van der Waals surface area contributed by atoms with Gasteiger partial charge in [-0.05, 0) is 34.5 Å². The number of aromatic nitrogens is 2. The van der Waals surface area contributed by atoms with Gasteiger partial charge in [0.1, 0.15) is 5.65 Å². The molecular formula is C22H29ClN2Si. The summed E-state index contributed by atoms with van der Waals surface area (Å²) in [5, 5.41) is 1.87. The average Bonchev–Trinajstić information content (AvgIpc) is 3.01. The third-order valence-electron chi connectivity index (χ3n) is 5.92. The van der Waals surface area contributed by atoms with Crippen molar-refractivity contribution < 1.29 is 0 Å². The molecule has 138 valence electrons. The number of hydrogen-bond donors (Lipinski definition) is 0. The number of halogens is 1. The van der Waals surface area contributed by atoms with Crippen LogP contribution < -0.4 is 0 Å². The van der Waals surface area contributed by atoms with Gasteiger partial charge in [-0.2, -0.15) is 0 Å². The van der Waals surface area contributed by atoms with E-state index in [0.717, 1.165) is 27.2 Å². The van der Waals surface area contributed by atoms with Crippen LogP contribution in [-0.4, -0.2) is 17.5 Å². The van der Waals surface area contributed by atoms with E-state index in [9.17, 15) is 0 Å². The van der Waals surface area contributed by atoms with E-state index in [1.54, 1.807) is 0 Å². The smallest absolute Gasteiger partial charge is 0.171 e. The fourth-order valence-electron chi connectivity index (χ4n) is 5.02. The number of fused-ring (bicyclic) bond motifs is 1. The molecule has 0 aliphatic heterocycles. The van der Waals surface area contributed by atoms with Gasteiger partial charge in [-0.3, -0.25) is 0 Å². The molecule has 0 radical (unpaired) electrons. The van der Waals surface area contributed by atoms with Crippen molar-refractivity contribution in [3.8, 4) is 11.1 Å². The standard InChI is InChI=1S/C22H29ClN2Si/c1-15(2)26(16(3)4,17(5)6)25-13-12-19-21(23)20(14-24-22(19)25)18-10-8-7-9-11-18/h7-17H,1-6H3. The molecule has 0 unspecified atom stereocenters. The number of rotatable bonds is 5. The molecule has 0 fully saturated rings. The van der Waals surface area contributed by atoms with E-state index in [2.05, 4.69) is 70.2 Å². The van der Waals surface area contributed by atoms with E-state index in [0.29, 0.717) is 16.6 Å². The molecular weight excluding hydrogens is 356 g/mol. The van der Waals surface area contributed by atoms with Crippen molar-refractivity contribution in [2.45, 2.75) is 58.2 Å². The lowest BCUT2D eigenvalue weighted by molar-refractivity contribution is 0.770. The molecule has 3 rings (SSSR count).